The van der Waals surface area contributed by atoms with Crippen molar-refractivity contribution in [2.45, 2.75) is 26.4 Å². The average Bonchev–Trinajstić information content (AvgIpc) is 3.28. The second kappa shape index (κ2) is 8.53. The molecule has 3 aliphatic rings. The van der Waals surface area contributed by atoms with Crippen molar-refractivity contribution >= 4 is 40.1 Å². The van der Waals surface area contributed by atoms with Gasteiger partial charge in [0.15, 0.2) is 0 Å². The first-order valence-electron chi connectivity index (χ1n) is 11.4. The topological polar surface area (TPSA) is 91.9 Å². The molecule has 2 aromatic carbocycles. The van der Waals surface area contributed by atoms with Crippen LogP contribution < -0.4 is 16.0 Å². The number of benzene rings is 2. The summed E-state index contributed by atoms with van der Waals surface area (Å²) in [6.07, 6.45) is 2.00. The Kier molecular flexibility index (Phi) is 5.53. The lowest BCUT2D eigenvalue weighted by atomic mass is 10.0. The van der Waals surface area contributed by atoms with Gasteiger partial charge in [-0.15, -0.1) is 0 Å². The number of nitrogens with zero attached hydrogens (tertiary/aromatic N) is 1. The molecule has 2 amide bonds. The molecule has 0 saturated carbocycles. The summed E-state index contributed by atoms with van der Waals surface area (Å²) in [5.41, 5.74) is 4.99. The summed E-state index contributed by atoms with van der Waals surface area (Å²) < 4.78 is 11.8. The van der Waals surface area contributed by atoms with E-state index in [2.05, 4.69) is 20.9 Å². The molecule has 0 aliphatic carbocycles. The standard InChI is InChI=1S/C26H28N4O4/c1-16(31)27-17-5-4-6-18(13-17)28-19-7-8-20-21(14-19)29-25(32)24(20)22-15-23(26(2,3)34-22)30-9-11-33-12-10-30/h4-8,13-15,28H,9-12H2,1-3H3,(H,27,31)(H,29,32). The Bertz CT molecular complexity index is 1230. The Labute approximate surface area is 198 Å². The van der Waals surface area contributed by atoms with Gasteiger partial charge in [-0.25, -0.2) is 0 Å². The summed E-state index contributed by atoms with van der Waals surface area (Å²) in [6.45, 7) is 8.52. The Hall–Kier alpha value is -3.78. The molecule has 0 bridgehead atoms. The zero-order valence-electron chi connectivity index (χ0n) is 19.5. The number of ether oxygens (including phenoxy) is 2. The lowest BCUT2D eigenvalue weighted by molar-refractivity contribution is -0.114. The van der Waals surface area contributed by atoms with Gasteiger partial charge < -0.3 is 30.3 Å². The van der Waals surface area contributed by atoms with Crippen molar-refractivity contribution < 1.29 is 19.1 Å². The van der Waals surface area contributed by atoms with E-state index in [-0.39, 0.29) is 11.8 Å². The summed E-state index contributed by atoms with van der Waals surface area (Å²) in [5.74, 6) is 0.289. The van der Waals surface area contributed by atoms with E-state index in [1.54, 1.807) is 0 Å². The Balaban J connectivity index is 1.43. The number of amides is 2. The van der Waals surface area contributed by atoms with Crippen LogP contribution >= 0.6 is 0 Å². The number of hydrogen-bond acceptors (Lipinski definition) is 6. The van der Waals surface area contributed by atoms with Gasteiger partial charge in [0, 0.05) is 48.7 Å². The first kappa shape index (κ1) is 22.0. The number of anilines is 4. The molecule has 176 valence electrons. The smallest absolute Gasteiger partial charge is 0.260 e. The van der Waals surface area contributed by atoms with Gasteiger partial charge in [0.2, 0.25) is 5.91 Å². The summed E-state index contributed by atoms with van der Waals surface area (Å²) >= 11 is 0. The number of carbonyl (C=O) groups is 2. The van der Waals surface area contributed by atoms with Crippen LogP contribution in [0.3, 0.4) is 0 Å². The van der Waals surface area contributed by atoms with Gasteiger partial charge in [-0.2, -0.15) is 0 Å². The van der Waals surface area contributed by atoms with Crippen LogP contribution in [0.4, 0.5) is 22.7 Å². The molecule has 3 heterocycles. The lowest BCUT2D eigenvalue weighted by Crippen LogP contribution is -2.41. The number of fused-ring (bicyclic) bond motifs is 1. The zero-order chi connectivity index (χ0) is 23.9. The highest BCUT2D eigenvalue weighted by Gasteiger charge is 2.40. The number of nitrogens with one attached hydrogen (secondary N) is 3. The molecule has 0 atom stereocenters. The van der Waals surface area contributed by atoms with Crippen LogP contribution in [0, 0.1) is 0 Å². The van der Waals surface area contributed by atoms with Gasteiger partial charge >= 0.3 is 0 Å². The maximum Gasteiger partial charge on any atom is 0.260 e. The van der Waals surface area contributed by atoms with Crippen LogP contribution in [0.1, 0.15) is 26.3 Å². The van der Waals surface area contributed by atoms with Crippen molar-refractivity contribution in [1.82, 2.24) is 4.90 Å². The molecule has 1 fully saturated rings. The van der Waals surface area contributed by atoms with Crippen molar-refractivity contribution in [2.75, 3.05) is 42.3 Å². The third kappa shape index (κ3) is 4.24. The minimum Gasteiger partial charge on any atom is -0.481 e. The second-order valence-corrected chi connectivity index (χ2v) is 9.08. The molecule has 8 nitrogen and oxygen atoms in total. The van der Waals surface area contributed by atoms with Gasteiger partial charge in [-0.05, 0) is 50.2 Å². The molecule has 0 aromatic heterocycles. The lowest BCUT2D eigenvalue weighted by Gasteiger charge is -2.35. The summed E-state index contributed by atoms with van der Waals surface area (Å²) in [7, 11) is 0. The molecule has 2 aromatic rings. The van der Waals surface area contributed by atoms with Crippen molar-refractivity contribution in [3.05, 3.63) is 65.6 Å². The number of carbonyl (C=O) groups excluding carboxylic acids is 2. The van der Waals surface area contributed by atoms with Gasteiger partial charge in [-0.1, -0.05) is 6.07 Å². The fourth-order valence-electron chi connectivity index (χ4n) is 4.59. The van der Waals surface area contributed by atoms with E-state index >= 15 is 0 Å². The second-order valence-electron chi connectivity index (χ2n) is 9.08. The number of allylic oxidation sites excluding steroid dienone is 1. The molecule has 3 aliphatic heterocycles. The highest BCUT2D eigenvalue weighted by Crippen LogP contribution is 2.43. The van der Waals surface area contributed by atoms with E-state index in [0.717, 1.165) is 41.4 Å². The predicted molar refractivity (Wildman–Crippen MR) is 132 cm³/mol. The van der Waals surface area contributed by atoms with Crippen LogP contribution in [0.2, 0.25) is 0 Å². The van der Waals surface area contributed by atoms with Crippen LogP contribution in [0.15, 0.2) is 60.0 Å². The fraction of sp³-hybridized carbons (Fsp3) is 0.308. The fourth-order valence-corrected chi connectivity index (χ4v) is 4.59. The van der Waals surface area contributed by atoms with E-state index in [1.165, 1.54) is 6.92 Å². The molecule has 34 heavy (non-hydrogen) atoms. The van der Waals surface area contributed by atoms with Gasteiger partial charge in [0.25, 0.3) is 5.91 Å². The largest absolute Gasteiger partial charge is 0.481 e. The molecule has 1 saturated heterocycles. The van der Waals surface area contributed by atoms with Gasteiger partial charge in [-0.3, -0.25) is 9.59 Å². The highest BCUT2D eigenvalue weighted by atomic mass is 16.5. The maximum absolute atomic E-state index is 13.0. The molecule has 0 spiro atoms. The van der Waals surface area contributed by atoms with Crippen molar-refractivity contribution in [3.63, 3.8) is 0 Å². The van der Waals surface area contributed by atoms with Gasteiger partial charge in [0.05, 0.1) is 30.2 Å². The maximum atomic E-state index is 13.0. The van der Waals surface area contributed by atoms with E-state index in [1.807, 2.05) is 62.4 Å². The van der Waals surface area contributed by atoms with Crippen molar-refractivity contribution in [3.8, 4) is 0 Å². The zero-order valence-corrected chi connectivity index (χ0v) is 19.5. The molecule has 0 radical (unpaired) electrons. The number of morpholine rings is 1. The average molecular weight is 461 g/mol. The molecule has 0 unspecified atom stereocenters. The van der Waals surface area contributed by atoms with Gasteiger partial charge in [0.1, 0.15) is 11.4 Å². The Morgan fingerprint density at radius 3 is 2.56 bits per heavy atom. The van der Waals surface area contributed by atoms with Crippen molar-refractivity contribution in [1.29, 1.82) is 0 Å². The minimum absolute atomic E-state index is 0.124. The molecule has 8 heteroatoms. The predicted octanol–water partition coefficient (Wildman–Crippen LogP) is 4.08. The van der Waals surface area contributed by atoms with Crippen LogP contribution in [0.25, 0.3) is 5.57 Å². The first-order chi connectivity index (χ1) is 16.3. The monoisotopic (exact) mass is 460 g/mol. The Morgan fingerprint density at radius 2 is 1.79 bits per heavy atom. The highest BCUT2D eigenvalue weighted by molar-refractivity contribution is 6.32. The molecular weight excluding hydrogens is 432 g/mol. The van der Waals surface area contributed by atoms with Crippen molar-refractivity contribution in [2.24, 2.45) is 0 Å². The summed E-state index contributed by atoms with van der Waals surface area (Å²) in [4.78, 5) is 26.6. The van der Waals surface area contributed by atoms with E-state index in [4.69, 9.17) is 9.47 Å². The molecule has 3 N–H and O–H groups in total. The van der Waals surface area contributed by atoms with E-state index in [0.29, 0.717) is 30.2 Å². The van der Waals surface area contributed by atoms with E-state index in [9.17, 15) is 9.59 Å². The van der Waals surface area contributed by atoms with Crippen LogP contribution in [-0.4, -0.2) is 48.6 Å². The minimum atomic E-state index is -0.525. The van der Waals surface area contributed by atoms with E-state index < -0.39 is 5.60 Å². The third-order valence-electron chi connectivity index (χ3n) is 6.08. The summed E-state index contributed by atoms with van der Waals surface area (Å²) in [5, 5.41) is 9.08. The Morgan fingerprint density at radius 1 is 1.06 bits per heavy atom. The molecule has 5 rings (SSSR count). The quantitative estimate of drug-likeness (QED) is 0.596. The third-order valence-corrected chi connectivity index (χ3v) is 6.08. The van der Waals surface area contributed by atoms with Crippen LogP contribution in [-0.2, 0) is 19.1 Å². The first-order valence-corrected chi connectivity index (χ1v) is 11.4. The van der Waals surface area contributed by atoms with Crippen LogP contribution in [0.5, 0.6) is 0 Å². The SMILES string of the molecule is CC(=O)Nc1cccc(Nc2ccc3c(c2)NC(=O)C3=C2C=C(N3CCOCC3)C(C)(C)O2)c1. The molecular formula is C26H28N4O4. The number of hydrogen-bond donors (Lipinski definition) is 3. The summed E-state index contributed by atoms with van der Waals surface area (Å²) in [6, 6.07) is 13.2. The number of rotatable bonds is 4. The normalized spacial score (nSPS) is 20.9.